The summed E-state index contributed by atoms with van der Waals surface area (Å²) in [7, 11) is 0. The standard InChI is InChI=1S/C30H33ClN8O2/c1-17(2)8-24-21(10-32)29(22(11-33)30(38-24)37-23-6-7-34-12-18(23)3)19-4-5-25-26(9-19)41-16-28(40)39(25)15-27-35-13-20(31)14-36-27/h4-5,9,11,13-14,17-18,23,33-34H,6-8,12,15-16H2,1-3H3,(H,37,38). The van der Waals surface area contributed by atoms with E-state index < -0.39 is 0 Å². The number of ether oxygens (including phenoxy) is 1. The first-order valence-electron chi connectivity index (χ1n) is 13.8. The predicted molar refractivity (Wildman–Crippen MR) is 159 cm³/mol. The number of pyridine rings is 1. The Balaban J connectivity index is 1.60. The van der Waals surface area contributed by atoms with E-state index in [1.165, 1.54) is 18.6 Å². The molecule has 4 heterocycles. The molecule has 0 aliphatic carbocycles. The van der Waals surface area contributed by atoms with Crippen molar-refractivity contribution in [1.29, 1.82) is 10.7 Å². The Morgan fingerprint density at radius 1 is 1.34 bits per heavy atom. The number of aromatic nitrogens is 3. The van der Waals surface area contributed by atoms with Crippen LogP contribution in [0.5, 0.6) is 5.75 Å². The maximum Gasteiger partial charge on any atom is 0.265 e. The van der Waals surface area contributed by atoms with Crippen LogP contribution in [0.1, 0.15) is 49.8 Å². The van der Waals surface area contributed by atoms with Gasteiger partial charge in [-0.1, -0.05) is 38.4 Å². The second-order valence-corrected chi connectivity index (χ2v) is 11.4. The van der Waals surface area contributed by atoms with Gasteiger partial charge in [0.15, 0.2) is 6.61 Å². The van der Waals surface area contributed by atoms with Crippen molar-refractivity contribution in [2.75, 3.05) is 29.9 Å². The number of nitrogens with zero attached hydrogens (tertiary/aromatic N) is 5. The molecule has 5 rings (SSSR count). The van der Waals surface area contributed by atoms with E-state index in [2.05, 4.69) is 47.4 Å². The molecular formula is C30H33ClN8O2. The maximum atomic E-state index is 12.8. The Morgan fingerprint density at radius 3 is 2.80 bits per heavy atom. The fourth-order valence-electron chi connectivity index (χ4n) is 5.35. The van der Waals surface area contributed by atoms with Gasteiger partial charge >= 0.3 is 0 Å². The van der Waals surface area contributed by atoms with Crippen molar-refractivity contribution < 1.29 is 9.53 Å². The topological polar surface area (TPSA) is 140 Å². The molecule has 2 atom stereocenters. The van der Waals surface area contributed by atoms with Crippen LogP contribution in [0.2, 0.25) is 5.02 Å². The molecule has 3 aromatic rings. The third-order valence-electron chi connectivity index (χ3n) is 7.44. The average molecular weight is 573 g/mol. The number of hydrogen-bond acceptors (Lipinski definition) is 9. The van der Waals surface area contributed by atoms with Crippen LogP contribution in [0, 0.1) is 28.6 Å². The summed E-state index contributed by atoms with van der Waals surface area (Å²) >= 11 is 5.92. The van der Waals surface area contributed by atoms with Gasteiger partial charge in [-0.05, 0) is 55.5 Å². The maximum absolute atomic E-state index is 12.8. The molecule has 1 saturated heterocycles. The fraction of sp³-hybridized carbons (Fsp3) is 0.400. The number of anilines is 2. The summed E-state index contributed by atoms with van der Waals surface area (Å²) in [6, 6.07) is 8.06. The number of nitrogens with one attached hydrogen (secondary N) is 3. The Bertz CT molecular complexity index is 1500. The van der Waals surface area contributed by atoms with Gasteiger partial charge in [0, 0.05) is 35.8 Å². The molecule has 41 heavy (non-hydrogen) atoms. The highest BCUT2D eigenvalue weighted by molar-refractivity contribution is 6.30. The van der Waals surface area contributed by atoms with E-state index in [4.69, 9.17) is 26.7 Å². The van der Waals surface area contributed by atoms with E-state index in [9.17, 15) is 10.1 Å². The van der Waals surface area contributed by atoms with Crippen molar-refractivity contribution in [3.05, 3.63) is 58.3 Å². The highest BCUT2D eigenvalue weighted by Gasteiger charge is 2.29. The zero-order valence-electron chi connectivity index (χ0n) is 23.4. The summed E-state index contributed by atoms with van der Waals surface area (Å²) < 4.78 is 5.86. The second-order valence-electron chi connectivity index (χ2n) is 10.9. The van der Waals surface area contributed by atoms with Crippen LogP contribution >= 0.6 is 11.6 Å². The second kappa shape index (κ2) is 12.2. The number of nitriles is 1. The molecular weight excluding hydrogens is 540 g/mol. The third kappa shape index (κ3) is 6.01. The van der Waals surface area contributed by atoms with Crippen LogP contribution in [0.3, 0.4) is 0 Å². The number of benzene rings is 1. The van der Waals surface area contributed by atoms with E-state index in [-0.39, 0.29) is 31.0 Å². The summed E-state index contributed by atoms with van der Waals surface area (Å²) in [5.41, 5.74) is 3.62. The molecule has 1 amide bonds. The van der Waals surface area contributed by atoms with Gasteiger partial charge in [-0.25, -0.2) is 15.0 Å². The Kier molecular flexibility index (Phi) is 8.47. The van der Waals surface area contributed by atoms with Crippen molar-refractivity contribution in [3.8, 4) is 22.9 Å². The van der Waals surface area contributed by atoms with Gasteiger partial charge in [-0.15, -0.1) is 0 Å². The first-order valence-corrected chi connectivity index (χ1v) is 14.2. The molecule has 0 radical (unpaired) electrons. The number of rotatable bonds is 8. The van der Waals surface area contributed by atoms with E-state index in [1.54, 1.807) is 11.0 Å². The van der Waals surface area contributed by atoms with E-state index >= 15 is 0 Å². The van der Waals surface area contributed by atoms with Crippen molar-refractivity contribution in [1.82, 2.24) is 20.3 Å². The lowest BCUT2D eigenvalue weighted by atomic mass is 9.90. The molecule has 2 aliphatic rings. The van der Waals surface area contributed by atoms with Crippen LogP contribution in [0.25, 0.3) is 11.1 Å². The minimum Gasteiger partial charge on any atom is -0.482 e. The van der Waals surface area contributed by atoms with Gasteiger partial charge in [0.05, 0.1) is 28.5 Å². The first-order chi connectivity index (χ1) is 19.8. The molecule has 3 N–H and O–H groups in total. The van der Waals surface area contributed by atoms with Crippen LogP contribution in [0.4, 0.5) is 11.5 Å². The third-order valence-corrected chi connectivity index (χ3v) is 7.63. The fourth-order valence-corrected chi connectivity index (χ4v) is 5.45. The molecule has 2 unspecified atom stereocenters. The van der Waals surface area contributed by atoms with Gasteiger partial charge < -0.3 is 20.8 Å². The van der Waals surface area contributed by atoms with E-state index in [1.807, 2.05) is 12.1 Å². The van der Waals surface area contributed by atoms with Gasteiger partial charge in [0.1, 0.15) is 23.5 Å². The molecule has 0 spiro atoms. The van der Waals surface area contributed by atoms with Crippen molar-refractivity contribution in [2.24, 2.45) is 11.8 Å². The zero-order chi connectivity index (χ0) is 29.1. The number of hydrogen-bond donors (Lipinski definition) is 3. The minimum atomic E-state index is -0.215. The van der Waals surface area contributed by atoms with Crippen LogP contribution in [-0.2, 0) is 17.8 Å². The average Bonchev–Trinajstić information content (AvgIpc) is 2.96. The lowest BCUT2D eigenvalue weighted by Gasteiger charge is -2.32. The zero-order valence-corrected chi connectivity index (χ0v) is 24.1. The first kappa shape index (κ1) is 28.5. The van der Waals surface area contributed by atoms with E-state index in [0.29, 0.717) is 68.4 Å². The van der Waals surface area contributed by atoms with Crippen LogP contribution in [0.15, 0.2) is 30.6 Å². The number of fused-ring (bicyclic) bond motifs is 1. The van der Waals surface area contributed by atoms with Gasteiger partial charge in [-0.3, -0.25) is 9.69 Å². The molecule has 0 bridgehead atoms. The number of amides is 1. The van der Waals surface area contributed by atoms with Crippen LogP contribution < -0.4 is 20.3 Å². The van der Waals surface area contributed by atoms with Crippen molar-refractivity contribution in [2.45, 2.75) is 46.2 Å². The molecule has 0 saturated carbocycles. The Morgan fingerprint density at radius 2 is 2.12 bits per heavy atom. The quantitative estimate of drug-likeness (QED) is 0.333. The van der Waals surface area contributed by atoms with Crippen molar-refractivity contribution >= 4 is 35.2 Å². The SMILES string of the molecule is CC(C)Cc1nc(NC2CCNCC2C)c(C=N)c(-c2ccc3c(c2)OCC(=O)N3Cc2ncc(Cl)cn2)c1C#N. The smallest absolute Gasteiger partial charge is 0.265 e. The van der Waals surface area contributed by atoms with Gasteiger partial charge in [0.25, 0.3) is 5.91 Å². The molecule has 212 valence electrons. The predicted octanol–water partition coefficient (Wildman–Crippen LogP) is 4.60. The highest BCUT2D eigenvalue weighted by atomic mass is 35.5. The summed E-state index contributed by atoms with van der Waals surface area (Å²) in [6.07, 6.45) is 5.81. The van der Waals surface area contributed by atoms with Crippen molar-refractivity contribution in [3.63, 3.8) is 0 Å². The van der Waals surface area contributed by atoms with Crippen LogP contribution in [-0.4, -0.2) is 52.8 Å². The summed E-state index contributed by atoms with van der Waals surface area (Å²) in [5, 5.41) is 26.2. The monoisotopic (exact) mass is 572 g/mol. The molecule has 2 aromatic heterocycles. The largest absolute Gasteiger partial charge is 0.482 e. The van der Waals surface area contributed by atoms with E-state index in [0.717, 1.165) is 19.5 Å². The highest BCUT2D eigenvalue weighted by Crippen LogP contribution is 2.40. The molecule has 11 heteroatoms. The lowest BCUT2D eigenvalue weighted by Crippen LogP contribution is -2.42. The lowest BCUT2D eigenvalue weighted by molar-refractivity contribution is -0.121. The Hall–Kier alpha value is -4.07. The molecule has 2 aliphatic heterocycles. The molecule has 1 fully saturated rings. The number of carbonyl (C=O) groups is 1. The summed E-state index contributed by atoms with van der Waals surface area (Å²) in [6.45, 7) is 8.21. The van der Waals surface area contributed by atoms with Gasteiger partial charge in [-0.2, -0.15) is 5.26 Å². The van der Waals surface area contributed by atoms with Gasteiger partial charge in [0.2, 0.25) is 0 Å². The minimum absolute atomic E-state index is 0.137. The summed E-state index contributed by atoms with van der Waals surface area (Å²) in [5.74, 6) is 2.00. The molecule has 10 nitrogen and oxygen atoms in total. The number of carbonyl (C=O) groups excluding carboxylic acids is 1. The Labute approximate surface area is 244 Å². The number of piperidine rings is 1. The molecule has 1 aromatic carbocycles. The normalized spacial score (nSPS) is 18.4. The summed E-state index contributed by atoms with van der Waals surface area (Å²) in [4.78, 5) is 27.8. The number of halogens is 1.